The molecule has 0 unspecified atom stereocenters. The van der Waals surface area contributed by atoms with E-state index in [9.17, 15) is 0 Å². The molecule has 0 atom stereocenters. The number of H-pyrrole nitrogens is 2. The second kappa shape index (κ2) is 26.4. The Kier molecular flexibility index (Phi) is 21.4. The highest BCUT2D eigenvalue weighted by Crippen LogP contribution is 2.42. The van der Waals surface area contributed by atoms with Gasteiger partial charge in [-0.05, 0) is 107 Å². The lowest BCUT2D eigenvalue weighted by Gasteiger charge is -2.38. The second-order valence-corrected chi connectivity index (χ2v) is 33.6. The molecule has 3 aromatic heterocycles. The van der Waals surface area contributed by atoms with Gasteiger partial charge in [0, 0.05) is 22.2 Å². The van der Waals surface area contributed by atoms with Gasteiger partial charge in [0.15, 0.2) is 0 Å². The van der Waals surface area contributed by atoms with E-state index in [2.05, 4.69) is 178 Å². The van der Waals surface area contributed by atoms with Crippen molar-refractivity contribution in [3.05, 3.63) is 69.3 Å². The largest absolute Gasteiger partial charge is 0.354 e. The Morgan fingerprint density at radius 3 is 1.01 bits per heavy atom. The molecule has 0 saturated carbocycles. The van der Waals surface area contributed by atoms with Gasteiger partial charge in [0.05, 0.1) is 44.9 Å². The summed E-state index contributed by atoms with van der Waals surface area (Å²) in [5.74, 6) is 7.85. The predicted octanol–water partition coefficient (Wildman–Crippen LogP) is 19.2. The van der Waals surface area contributed by atoms with Crippen molar-refractivity contribution in [3.63, 3.8) is 0 Å². The summed E-state index contributed by atoms with van der Waals surface area (Å²) < 4.78 is 0. The van der Waals surface area contributed by atoms with Crippen molar-refractivity contribution >= 4 is 62.5 Å². The monoisotopic (exact) mass is 951 g/mol. The average molecular weight is 952 g/mol. The molecule has 2 N–H and O–H groups in total. The van der Waals surface area contributed by atoms with Gasteiger partial charge in [-0.15, -0.1) is 11.1 Å². The third-order valence-corrected chi connectivity index (χ3v) is 28.7. The van der Waals surface area contributed by atoms with Crippen molar-refractivity contribution < 1.29 is 0 Å². The molecule has 2 aliphatic rings. The molecular formula is C62H94N4Si2. The highest BCUT2D eigenvalue weighted by molar-refractivity contribution is 6.91. The van der Waals surface area contributed by atoms with Crippen LogP contribution in [-0.4, -0.2) is 36.1 Å². The van der Waals surface area contributed by atoms with Crippen LogP contribution >= 0.6 is 0 Å². The average Bonchev–Trinajstić information content (AvgIpc) is 4.14. The van der Waals surface area contributed by atoms with Crippen LogP contribution in [-0.2, 0) is 12.8 Å². The lowest BCUT2D eigenvalue weighted by molar-refractivity contribution is 0.575. The van der Waals surface area contributed by atoms with E-state index < -0.39 is 16.1 Å². The van der Waals surface area contributed by atoms with Crippen molar-refractivity contribution in [1.29, 1.82) is 0 Å². The zero-order chi connectivity index (χ0) is 49.4. The molecular weight excluding hydrogens is 857 g/mol. The number of rotatable bonds is 24. The van der Waals surface area contributed by atoms with E-state index in [-0.39, 0.29) is 0 Å². The molecule has 0 fully saturated rings. The van der Waals surface area contributed by atoms with Gasteiger partial charge in [-0.3, -0.25) is 0 Å². The Bertz CT molecular complexity index is 2290. The van der Waals surface area contributed by atoms with Crippen LogP contribution in [0.2, 0.25) is 33.2 Å². The van der Waals surface area contributed by atoms with Crippen molar-refractivity contribution in [1.82, 2.24) is 19.9 Å². The molecule has 3 aromatic rings. The Morgan fingerprint density at radius 2 is 0.676 bits per heavy atom. The van der Waals surface area contributed by atoms with E-state index in [0.717, 1.165) is 81.7 Å². The normalized spacial score (nSPS) is 12.9. The summed E-state index contributed by atoms with van der Waals surface area (Å²) in [5.41, 5.74) is 24.4. The molecule has 0 amide bonds. The molecule has 0 radical (unpaired) electrons. The van der Waals surface area contributed by atoms with Gasteiger partial charge in [0.25, 0.3) is 0 Å². The molecule has 0 spiro atoms. The Morgan fingerprint density at radius 1 is 0.382 bits per heavy atom. The van der Waals surface area contributed by atoms with Gasteiger partial charge in [-0.25, -0.2) is 9.97 Å². The first-order valence-electron chi connectivity index (χ1n) is 27.8. The lowest BCUT2D eigenvalue weighted by Crippen LogP contribution is -2.43. The second-order valence-electron chi connectivity index (χ2n) is 22.5. The van der Waals surface area contributed by atoms with Crippen molar-refractivity contribution in [2.24, 2.45) is 0 Å². The number of hydrogen-bond acceptors (Lipinski definition) is 2. The Labute approximate surface area is 418 Å². The summed E-state index contributed by atoms with van der Waals surface area (Å²) in [6.45, 7) is 33.5. The minimum Gasteiger partial charge on any atom is -0.354 e. The van der Waals surface area contributed by atoms with E-state index >= 15 is 0 Å². The SMILES string of the molecule is CCCCCCCCCCc1c2nc(c(C#C[Si](C(C)C)(C(C)C)C(C)C)c3nc(c(CCCCCCCCCC)c4ccc([nH]4)c(C#C[Si](C(C)C)(C(C)C)C(C)C)c4ccc1[nH]4)C=C3)C=C2. The van der Waals surface area contributed by atoms with Crippen LogP contribution in [0.1, 0.15) is 245 Å². The van der Waals surface area contributed by atoms with Gasteiger partial charge in [-0.1, -0.05) is 199 Å². The first kappa shape index (κ1) is 55.1. The maximum absolute atomic E-state index is 5.56. The van der Waals surface area contributed by atoms with Crippen LogP contribution in [0.4, 0.5) is 0 Å². The summed E-state index contributed by atoms with van der Waals surface area (Å²) in [4.78, 5) is 19.1. The summed E-state index contributed by atoms with van der Waals surface area (Å²) >= 11 is 0. The summed E-state index contributed by atoms with van der Waals surface area (Å²) in [6.07, 6.45) is 31.5. The van der Waals surface area contributed by atoms with E-state index in [4.69, 9.17) is 9.97 Å². The number of aromatic nitrogens is 4. The fourth-order valence-electron chi connectivity index (χ4n) is 12.2. The summed E-state index contributed by atoms with van der Waals surface area (Å²) in [5, 5.41) is 0. The van der Waals surface area contributed by atoms with Crippen LogP contribution < -0.4 is 0 Å². The Hall–Kier alpha value is -3.85. The van der Waals surface area contributed by atoms with E-state index in [1.54, 1.807) is 0 Å². The van der Waals surface area contributed by atoms with E-state index in [1.165, 1.54) is 101 Å². The molecule has 5 heterocycles. The molecule has 0 aromatic carbocycles. The smallest absolute Gasteiger partial charge is 0.146 e. The highest BCUT2D eigenvalue weighted by Gasteiger charge is 2.43. The zero-order valence-electron chi connectivity index (χ0n) is 45.7. The predicted molar refractivity (Wildman–Crippen MR) is 307 cm³/mol. The molecule has 68 heavy (non-hydrogen) atoms. The fraction of sp³-hybridized carbons (Fsp3) is 0.613. The molecule has 0 aliphatic carbocycles. The lowest BCUT2D eigenvalue weighted by atomic mass is 10.0. The molecule has 370 valence electrons. The van der Waals surface area contributed by atoms with Gasteiger partial charge in [0.1, 0.15) is 16.1 Å². The standard InChI is InChI=1S/C62H94N4Si2/c1-15-17-19-21-23-25-27-29-31-51-55-33-37-59(63-55)53(41-43-67(45(3)4,46(5)6)47(7)8)61-39-35-57(65-61)52(32-30-28-26-24-22-20-18-16-2)58-36-40-62(66-58)54(60-38-34-56(51)64-60)42-44-68(48(9)10,49(11)12)50(13)14/h33-40,45-50,63,65H,15-32H2,1-14H3. The van der Waals surface area contributed by atoms with E-state index in [1.807, 2.05) is 0 Å². The maximum Gasteiger partial charge on any atom is 0.146 e. The van der Waals surface area contributed by atoms with Crippen molar-refractivity contribution in [2.75, 3.05) is 0 Å². The number of nitrogens with one attached hydrogen (secondary N) is 2. The van der Waals surface area contributed by atoms with E-state index in [0.29, 0.717) is 33.2 Å². The number of hydrogen-bond donors (Lipinski definition) is 2. The first-order valence-corrected chi connectivity index (χ1v) is 32.3. The van der Waals surface area contributed by atoms with Gasteiger partial charge in [-0.2, -0.15) is 0 Å². The molecule has 0 saturated heterocycles. The number of aryl methyl sites for hydroxylation is 2. The highest BCUT2D eigenvalue weighted by atomic mass is 28.3. The van der Waals surface area contributed by atoms with Gasteiger partial charge >= 0.3 is 0 Å². The summed E-state index contributed by atoms with van der Waals surface area (Å²) in [6, 6.07) is 9.17. The molecule has 8 bridgehead atoms. The van der Waals surface area contributed by atoms with Crippen molar-refractivity contribution in [2.45, 2.75) is 246 Å². The minimum absolute atomic E-state index is 0.529. The first-order chi connectivity index (χ1) is 32.6. The Balaban J connectivity index is 1.83. The van der Waals surface area contributed by atoms with Gasteiger partial charge in [0.2, 0.25) is 0 Å². The van der Waals surface area contributed by atoms with Crippen molar-refractivity contribution in [3.8, 4) is 22.9 Å². The van der Waals surface area contributed by atoms with Crippen LogP contribution in [0.15, 0.2) is 24.3 Å². The topological polar surface area (TPSA) is 57.4 Å². The third kappa shape index (κ3) is 13.3. The van der Waals surface area contributed by atoms with Gasteiger partial charge < -0.3 is 9.97 Å². The van der Waals surface area contributed by atoms with Crippen LogP contribution in [0.3, 0.4) is 0 Å². The number of unbranched alkanes of at least 4 members (excludes halogenated alkanes) is 14. The number of aromatic amines is 2. The van der Waals surface area contributed by atoms with Crippen LogP contribution in [0.5, 0.6) is 0 Å². The molecule has 4 nitrogen and oxygen atoms in total. The summed E-state index contributed by atoms with van der Waals surface area (Å²) in [7, 11) is -4.10. The quantitative estimate of drug-likeness (QED) is 0.0368. The minimum atomic E-state index is -2.06. The van der Waals surface area contributed by atoms with Crippen LogP contribution in [0.25, 0.3) is 46.4 Å². The molecule has 6 heteroatoms. The number of nitrogens with zero attached hydrogens (tertiary/aromatic N) is 2. The number of fused-ring (bicyclic) bond motifs is 8. The third-order valence-electron chi connectivity index (χ3n) is 16.1. The van der Waals surface area contributed by atoms with Crippen LogP contribution in [0, 0.1) is 22.9 Å². The zero-order valence-corrected chi connectivity index (χ0v) is 47.7. The maximum atomic E-state index is 5.56. The molecule has 5 rings (SSSR count). The molecule has 2 aliphatic heterocycles. The fourth-order valence-corrected chi connectivity index (χ4v) is 22.6.